The first-order valence-electron chi connectivity index (χ1n) is 9.09. The van der Waals surface area contributed by atoms with E-state index in [-0.39, 0.29) is 36.0 Å². The molecule has 1 heterocycles. The van der Waals surface area contributed by atoms with Gasteiger partial charge in [0, 0.05) is 10.6 Å². The first-order valence-corrected chi connectivity index (χ1v) is 9.47. The van der Waals surface area contributed by atoms with Crippen molar-refractivity contribution in [1.82, 2.24) is 0 Å². The number of benzene rings is 2. The highest BCUT2D eigenvalue weighted by Crippen LogP contribution is 2.40. The Morgan fingerprint density at radius 1 is 0.964 bits per heavy atom. The number of hydrogen-bond acceptors (Lipinski definition) is 4. The third-order valence-corrected chi connectivity index (χ3v) is 5.39. The van der Waals surface area contributed by atoms with Crippen LogP contribution in [0.4, 0.5) is 5.69 Å². The number of amides is 2. The Labute approximate surface area is 167 Å². The van der Waals surface area contributed by atoms with Crippen LogP contribution in [0.2, 0.25) is 5.02 Å². The van der Waals surface area contributed by atoms with Crippen molar-refractivity contribution in [2.24, 2.45) is 11.8 Å². The molecule has 142 valence electrons. The van der Waals surface area contributed by atoms with Gasteiger partial charge in [0.1, 0.15) is 5.75 Å². The minimum Gasteiger partial charge on any atom is -0.483 e. The summed E-state index contributed by atoms with van der Waals surface area (Å²) in [5.41, 5.74) is 0.864. The van der Waals surface area contributed by atoms with E-state index in [1.54, 1.807) is 48.5 Å². The van der Waals surface area contributed by atoms with Crippen molar-refractivity contribution in [3.8, 4) is 5.75 Å². The van der Waals surface area contributed by atoms with Crippen molar-refractivity contribution in [2.75, 3.05) is 11.5 Å². The quantitative estimate of drug-likeness (QED) is 0.435. The molecule has 0 spiro atoms. The van der Waals surface area contributed by atoms with Gasteiger partial charge in [0.25, 0.3) is 0 Å². The minimum atomic E-state index is -0.318. The molecule has 28 heavy (non-hydrogen) atoms. The van der Waals surface area contributed by atoms with Crippen LogP contribution < -0.4 is 9.64 Å². The van der Waals surface area contributed by atoms with Gasteiger partial charge in [0.05, 0.1) is 17.5 Å². The Kier molecular flexibility index (Phi) is 5.01. The first-order chi connectivity index (χ1) is 13.6. The number of fused-ring (bicyclic) bond motifs is 1. The Bertz CT molecular complexity index is 941. The van der Waals surface area contributed by atoms with Gasteiger partial charge >= 0.3 is 0 Å². The molecule has 0 bridgehead atoms. The van der Waals surface area contributed by atoms with E-state index < -0.39 is 0 Å². The van der Waals surface area contributed by atoms with Crippen LogP contribution in [0.1, 0.15) is 23.2 Å². The van der Waals surface area contributed by atoms with Crippen LogP contribution in [-0.4, -0.2) is 24.2 Å². The number of halogens is 1. The van der Waals surface area contributed by atoms with Gasteiger partial charge in [-0.25, -0.2) is 4.90 Å². The summed E-state index contributed by atoms with van der Waals surface area (Å²) in [7, 11) is 0. The maximum atomic E-state index is 12.8. The number of para-hydroxylation sites is 2. The predicted octanol–water partition coefficient (Wildman–Crippen LogP) is 4.06. The van der Waals surface area contributed by atoms with Crippen LogP contribution in [0.15, 0.2) is 60.7 Å². The van der Waals surface area contributed by atoms with E-state index in [2.05, 4.69) is 0 Å². The molecular formula is C22H18ClNO4. The number of nitrogens with zero attached hydrogens (tertiary/aromatic N) is 1. The van der Waals surface area contributed by atoms with Crippen molar-refractivity contribution in [3.05, 3.63) is 71.3 Å². The molecule has 1 saturated heterocycles. The summed E-state index contributed by atoms with van der Waals surface area (Å²) >= 11 is 5.85. The fraction of sp³-hybridized carbons (Fsp3) is 0.227. The largest absolute Gasteiger partial charge is 0.483 e. The molecular weight excluding hydrogens is 378 g/mol. The number of carbonyl (C=O) groups excluding carboxylic acids is 3. The molecule has 6 heteroatoms. The summed E-state index contributed by atoms with van der Waals surface area (Å²) in [6, 6.07) is 13.3. The number of allylic oxidation sites excluding steroid dienone is 2. The van der Waals surface area contributed by atoms with E-state index >= 15 is 0 Å². The highest BCUT2D eigenvalue weighted by Gasteiger charge is 2.48. The summed E-state index contributed by atoms with van der Waals surface area (Å²) < 4.78 is 5.70. The summed E-state index contributed by atoms with van der Waals surface area (Å²) in [5.74, 6) is -0.942. The summed E-state index contributed by atoms with van der Waals surface area (Å²) in [6.07, 6.45) is 5.04. The molecule has 2 aromatic rings. The summed E-state index contributed by atoms with van der Waals surface area (Å²) in [4.78, 5) is 39.2. The van der Waals surface area contributed by atoms with Crippen molar-refractivity contribution >= 4 is 34.9 Å². The molecule has 0 saturated carbocycles. The SMILES string of the molecule is O=C(COc1ccccc1N1C(=O)C2CC=CCC2C1=O)c1ccc(Cl)cc1. The molecule has 0 N–H and O–H groups in total. The van der Waals surface area contributed by atoms with Gasteiger partial charge in [-0.05, 0) is 49.2 Å². The zero-order chi connectivity index (χ0) is 19.7. The molecule has 2 atom stereocenters. The lowest BCUT2D eigenvalue weighted by Gasteiger charge is -2.18. The predicted molar refractivity (Wildman–Crippen MR) is 106 cm³/mol. The number of rotatable bonds is 5. The molecule has 1 aliphatic carbocycles. The van der Waals surface area contributed by atoms with Crippen molar-refractivity contribution < 1.29 is 19.1 Å². The van der Waals surface area contributed by atoms with Crippen molar-refractivity contribution in [3.63, 3.8) is 0 Å². The average Bonchev–Trinajstić information content (AvgIpc) is 2.97. The molecule has 1 fully saturated rings. The van der Waals surface area contributed by atoms with Gasteiger partial charge in [-0.3, -0.25) is 14.4 Å². The van der Waals surface area contributed by atoms with E-state index in [0.717, 1.165) is 0 Å². The molecule has 2 aliphatic rings. The smallest absolute Gasteiger partial charge is 0.238 e. The second-order valence-electron chi connectivity index (χ2n) is 6.85. The molecule has 2 aromatic carbocycles. The van der Waals surface area contributed by atoms with Crippen LogP contribution in [-0.2, 0) is 9.59 Å². The van der Waals surface area contributed by atoms with Gasteiger partial charge in [-0.15, -0.1) is 0 Å². The summed E-state index contributed by atoms with van der Waals surface area (Å²) in [6.45, 7) is -0.205. The maximum absolute atomic E-state index is 12.8. The molecule has 2 unspecified atom stereocenters. The van der Waals surface area contributed by atoms with Crippen LogP contribution in [0, 0.1) is 11.8 Å². The minimum absolute atomic E-state index is 0.205. The lowest BCUT2D eigenvalue weighted by Crippen LogP contribution is -2.31. The van der Waals surface area contributed by atoms with Crippen molar-refractivity contribution in [2.45, 2.75) is 12.8 Å². The third kappa shape index (κ3) is 3.34. The van der Waals surface area contributed by atoms with E-state index in [4.69, 9.17) is 16.3 Å². The van der Waals surface area contributed by atoms with Gasteiger partial charge in [-0.1, -0.05) is 35.9 Å². The Balaban J connectivity index is 1.54. The zero-order valence-corrected chi connectivity index (χ0v) is 15.8. The topological polar surface area (TPSA) is 63.7 Å². The Morgan fingerprint density at radius 2 is 1.57 bits per heavy atom. The lowest BCUT2D eigenvalue weighted by atomic mass is 9.85. The number of imide groups is 1. The van der Waals surface area contributed by atoms with E-state index in [0.29, 0.717) is 34.9 Å². The second-order valence-corrected chi connectivity index (χ2v) is 7.29. The number of carbonyl (C=O) groups is 3. The Morgan fingerprint density at radius 3 is 2.21 bits per heavy atom. The van der Waals surface area contributed by atoms with E-state index in [1.165, 1.54) is 4.90 Å². The van der Waals surface area contributed by atoms with Crippen LogP contribution in [0.25, 0.3) is 0 Å². The molecule has 4 rings (SSSR count). The highest BCUT2D eigenvalue weighted by atomic mass is 35.5. The van der Waals surface area contributed by atoms with Crippen LogP contribution in [0.3, 0.4) is 0 Å². The van der Waals surface area contributed by atoms with E-state index in [9.17, 15) is 14.4 Å². The number of hydrogen-bond donors (Lipinski definition) is 0. The van der Waals surface area contributed by atoms with Gasteiger partial charge in [0.15, 0.2) is 12.4 Å². The fourth-order valence-corrected chi connectivity index (χ4v) is 3.79. The zero-order valence-electron chi connectivity index (χ0n) is 15.0. The monoisotopic (exact) mass is 395 g/mol. The number of anilines is 1. The molecule has 0 aromatic heterocycles. The second kappa shape index (κ2) is 7.60. The average molecular weight is 396 g/mol. The van der Waals surface area contributed by atoms with Gasteiger partial charge in [0.2, 0.25) is 11.8 Å². The molecule has 0 radical (unpaired) electrons. The summed E-state index contributed by atoms with van der Waals surface area (Å²) in [5, 5.41) is 0.546. The lowest BCUT2D eigenvalue weighted by molar-refractivity contribution is -0.122. The maximum Gasteiger partial charge on any atom is 0.238 e. The fourth-order valence-electron chi connectivity index (χ4n) is 3.66. The van der Waals surface area contributed by atoms with Crippen LogP contribution >= 0.6 is 11.6 Å². The van der Waals surface area contributed by atoms with Crippen molar-refractivity contribution in [1.29, 1.82) is 0 Å². The standard InChI is InChI=1S/C22H18ClNO4/c23-15-11-9-14(10-12-15)19(25)13-28-20-8-4-3-7-18(20)24-21(26)16-5-1-2-6-17(16)22(24)27/h1-4,7-12,16-17H,5-6,13H2. The number of ketones is 1. The van der Waals surface area contributed by atoms with E-state index in [1.807, 2.05) is 12.2 Å². The number of ether oxygens (including phenoxy) is 1. The highest BCUT2D eigenvalue weighted by molar-refractivity contribution is 6.30. The van der Waals surface area contributed by atoms with Crippen LogP contribution in [0.5, 0.6) is 5.75 Å². The molecule has 5 nitrogen and oxygen atoms in total. The Hall–Kier alpha value is -2.92. The molecule has 1 aliphatic heterocycles. The first kappa shape index (κ1) is 18.4. The third-order valence-electron chi connectivity index (χ3n) is 5.14. The molecule has 2 amide bonds. The normalized spacial score (nSPS) is 21.0. The number of Topliss-reactive ketones (excluding diaryl/α,β-unsaturated/α-hetero) is 1. The van der Waals surface area contributed by atoms with Gasteiger partial charge < -0.3 is 4.74 Å². The van der Waals surface area contributed by atoms with Gasteiger partial charge in [-0.2, -0.15) is 0 Å².